The van der Waals surface area contributed by atoms with Gasteiger partial charge in [0.15, 0.2) is 5.96 Å². The lowest BCUT2D eigenvalue weighted by Crippen LogP contribution is -2.45. The van der Waals surface area contributed by atoms with Gasteiger partial charge in [0.25, 0.3) is 0 Å². The number of methoxy groups -OCH3 is 1. The number of halogens is 1. The third-order valence-electron chi connectivity index (χ3n) is 6.37. The van der Waals surface area contributed by atoms with Gasteiger partial charge in [-0.2, -0.15) is 0 Å². The fraction of sp³-hybridized carbons (Fsp3) is 0.522. The molecular weight excluding hydrogens is 523 g/mol. The monoisotopic (exact) mass is 554 g/mol. The zero-order valence-corrected chi connectivity index (χ0v) is 20.9. The van der Waals surface area contributed by atoms with E-state index in [9.17, 15) is 9.59 Å². The van der Waals surface area contributed by atoms with Gasteiger partial charge in [0.2, 0.25) is 11.8 Å². The molecular formula is C23H31IN4O4. The number of nitrogens with one attached hydrogen (secondary N) is 2. The Morgan fingerprint density at radius 2 is 1.69 bits per heavy atom. The van der Waals surface area contributed by atoms with Crippen molar-refractivity contribution in [2.24, 2.45) is 28.7 Å². The molecule has 2 N–H and O–H groups in total. The van der Waals surface area contributed by atoms with E-state index < -0.39 is 0 Å². The van der Waals surface area contributed by atoms with Crippen molar-refractivity contribution >= 4 is 41.8 Å². The van der Waals surface area contributed by atoms with E-state index >= 15 is 0 Å². The quantitative estimate of drug-likeness (QED) is 0.168. The van der Waals surface area contributed by atoms with Gasteiger partial charge in [-0.15, -0.1) is 24.0 Å². The number of imide groups is 1. The number of benzene rings is 1. The van der Waals surface area contributed by atoms with Gasteiger partial charge in [-0.25, -0.2) is 0 Å². The number of nitrogens with zero attached hydrogens (tertiary/aromatic N) is 2. The van der Waals surface area contributed by atoms with Gasteiger partial charge >= 0.3 is 0 Å². The van der Waals surface area contributed by atoms with Crippen LogP contribution in [-0.4, -0.2) is 62.6 Å². The van der Waals surface area contributed by atoms with Gasteiger partial charge < -0.3 is 20.1 Å². The van der Waals surface area contributed by atoms with Crippen LogP contribution in [0.2, 0.25) is 0 Å². The van der Waals surface area contributed by atoms with Crippen molar-refractivity contribution in [3.8, 4) is 11.5 Å². The molecule has 9 heteroatoms. The Hall–Kier alpha value is -2.30. The highest BCUT2D eigenvalue weighted by molar-refractivity contribution is 14.0. The largest absolute Gasteiger partial charge is 0.497 e. The Balaban J connectivity index is 0.00000289. The Labute approximate surface area is 205 Å². The summed E-state index contributed by atoms with van der Waals surface area (Å²) in [6.45, 7) is 3.31. The van der Waals surface area contributed by atoms with Crippen molar-refractivity contribution in [3.05, 3.63) is 36.4 Å². The number of guanidine groups is 1. The van der Waals surface area contributed by atoms with Crippen molar-refractivity contribution in [1.29, 1.82) is 0 Å². The first-order valence-corrected chi connectivity index (χ1v) is 10.8. The highest BCUT2D eigenvalue weighted by Crippen LogP contribution is 2.52. The molecule has 1 aromatic rings. The van der Waals surface area contributed by atoms with Crippen LogP contribution >= 0.6 is 24.0 Å². The van der Waals surface area contributed by atoms with E-state index in [1.54, 1.807) is 14.2 Å². The van der Waals surface area contributed by atoms with E-state index in [2.05, 4.69) is 27.8 Å². The summed E-state index contributed by atoms with van der Waals surface area (Å²) in [5, 5.41) is 6.40. The zero-order valence-electron chi connectivity index (χ0n) is 18.6. The molecule has 2 aliphatic carbocycles. The summed E-state index contributed by atoms with van der Waals surface area (Å²) in [6, 6.07) is 7.44. The number of aliphatic imine (C=N–C) groups is 1. The molecule has 2 bridgehead atoms. The summed E-state index contributed by atoms with van der Waals surface area (Å²) in [6.07, 6.45) is 5.09. The molecule has 2 amide bonds. The van der Waals surface area contributed by atoms with Crippen LogP contribution in [0.3, 0.4) is 0 Å². The Morgan fingerprint density at radius 1 is 1.09 bits per heavy atom. The lowest BCUT2D eigenvalue weighted by Gasteiger charge is -2.20. The maximum atomic E-state index is 12.7. The summed E-state index contributed by atoms with van der Waals surface area (Å²) in [5.74, 6) is 2.31. The van der Waals surface area contributed by atoms with E-state index in [0.717, 1.165) is 17.9 Å². The van der Waals surface area contributed by atoms with E-state index in [4.69, 9.17) is 9.47 Å². The lowest BCUT2D eigenvalue weighted by molar-refractivity contribution is -0.140. The van der Waals surface area contributed by atoms with Crippen LogP contribution < -0.4 is 20.1 Å². The van der Waals surface area contributed by atoms with E-state index in [-0.39, 0.29) is 65.6 Å². The molecule has 0 radical (unpaired) electrons. The first-order chi connectivity index (χ1) is 15.0. The minimum atomic E-state index is -0.143. The molecule has 1 saturated carbocycles. The number of amides is 2. The molecule has 0 aromatic heterocycles. The van der Waals surface area contributed by atoms with Crippen LogP contribution in [0.15, 0.2) is 41.4 Å². The fourth-order valence-electron chi connectivity index (χ4n) is 4.86. The molecule has 5 atom stereocenters. The van der Waals surface area contributed by atoms with Crippen LogP contribution in [0.1, 0.15) is 13.3 Å². The van der Waals surface area contributed by atoms with Crippen LogP contribution in [0.5, 0.6) is 11.5 Å². The molecule has 174 valence electrons. The average Bonchev–Trinajstić information content (AvgIpc) is 3.46. The number of allylic oxidation sites excluding steroid dienone is 2. The molecule has 3 aliphatic rings. The smallest absolute Gasteiger partial charge is 0.233 e. The average molecular weight is 554 g/mol. The molecule has 1 aromatic carbocycles. The van der Waals surface area contributed by atoms with Gasteiger partial charge in [0, 0.05) is 20.1 Å². The molecule has 1 saturated heterocycles. The fourth-order valence-corrected chi connectivity index (χ4v) is 4.86. The van der Waals surface area contributed by atoms with Gasteiger partial charge in [-0.3, -0.25) is 19.5 Å². The Morgan fingerprint density at radius 3 is 2.25 bits per heavy atom. The van der Waals surface area contributed by atoms with Gasteiger partial charge in [-0.1, -0.05) is 12.2 Å². The van der Waals surface area contributed by atoms with Gasteiger partial charge in [0.05, 0.1) is 25.5 Å². The second-order valence-electron chi connectivity index (χ2n) is 8.31. The summed E-state index contributed by atoms with van der Waals surface area (Å²) in [4.78, 5) is 31.1. The summed E-state index contributed by atoms with van der Waals surface area (Å²) in [5.41, 5.74) is 0. The number of fused-ring (bicyclic) bond motifs is 5. The minimum absolute atomic E-state index is 0. The van der Waals surface area contributed by atoms with Crippen molar-refractivity contribution < 1.29 is 19.1 Å². The van der Waals surface area contributed by atoms with Crippen LogP contribution in [-0.2, 0) is 9.59 Å². The molecule has 5 unspecified atom stereocenters. The van der Waals surface area contributed by atoms with Crippen LogP contribution in [0.25, 0.3) is 0 Å². The zero-order chi connectivity index (χ0) is 22.0. The maximum absolute atomic E-state index is 12.7. The predicted octanol–water partition coefficient (Wildman–Crippen LogP) is 2.05. The third-order valence-corrected chi connectivity index (χ3v) is 6.37. The van der Waals surface area contributed by atoms with E-state index in [1.807, 2.05) is 31.2 Å². The standard InChI is InChI=1S/C23H30N4O4.HI/c1-14(31-18-8-6-17(30-3)7-9-18)13-26-23(24-2)25-10-11-27-21(28)19-15-4-5-16(12-15)20(19)22(27)29;/h4-9,14-16,19-20H,10-13H2,1-3H3,(H2,24,25,26);1H. The Kier molecular flexibility index (Phi) is 8.02. The molecule has 32 heavy (non-hydrogen) atoms. The van der Waals surface area contributed by atoms with Gasteiger partial charge in [-0.05, 0) is 49.4 Å². The topological polar surface area (TPSA) is 92.3 Å². The highest BCUT2D eigenvalue weighted by Gasteiger charge is 2.58. The molecule has 1 aliphatic heterocycles. The number of rotatable bonds is 8. The van der Waals surface area contributed by atoms with Crippen LogP contribution in [0.4, 0.5) is 0 Å². The summed E-state index contributed by atoms with van der Waals surface area (Å²) < 4.78 is 11.0. The molecule has 4 rings (SSSR count). The highest BCUT2D eigenvalue weighted by atomic mass is 127. The molecule has 8 nitrogen and oxygen atoms in total. The van der Waals surface area contributed by atoms with Crippen LogP contribution in [0, 0.1) is 23.7 Å². The number of ether oxygens (including phenoxy) is 2. The number of carbonyl (C=O) groups excluding carboxylic acids is 2. The van der Waals surface area contributed by atoms with E-state index in [0.29, 0.717) is 25.6 Å². The second kappa shape index (κ2) is 10.5. The van der Waals surface area contributed by atoms with Crippen molar-refractivity contribution in [2.75, 3.05) is 33.8 Å². The number of hydrogen-bond acceptors (Lipinski definition) is 5. The van der Waals surface area contributed by atoms with Crippen molar-refractivity contribution in [1.82, 2.24) is 15.5 Å². The number of carbonyl (C=O) groups is 2. The summed E-state index contributed by atoms with van der Waals surface area (Å²) >= 11 is 0. The van der Waals surface area contributed by atoms with Crippen molar-refractivity contribution in [2.45, 2.75) is 19.4 Å². The SMILES string of the molecule is CN=C(NCCN1C(=O)C2C3C=CC(C3)C2C1=O)NCC(C)Oc1ccc(OC)cc1.I. The third kappa shape index (κ3) is 4.87. The predicted molar refractivity (Wildman–Crippen MR) is 132 cm³/mol. The minimum Gasteiger partial charge on any atom is -0.497 e. The first kappa shape index (κ1) is 24.3. The first-order valence-electron chi connectivity index (χ1n) is 10.8. The number of hydrogen-bond donors (Lipinski definition) is 2. The maximum Gasteiger partial charge on any atom is 0.233 e. The summed E-state index contributed by atoms with van der Waals surface area (Å²) in [7, 11) is 3.31. The second-order valence-corrected chi connectivity index (χ2v) is 8.31. The number of likely N-dealkylation sites (tertiary alicyclic amines) is 1. The molecule has 1 heterocycles. The molecule has 2 fully saturated rings. The Bertz CT molecular complexity index is 858. The molecule has 0 spiro atoms. The lowest BCUT2D eigenvalue weighted by atomic mass is 9.85. The van der Waals surface area contributed by atoms with E-state index in [1.165, 1.54) is 4.90 Å². The normalized spacial score (nSPS) is 26.6. The van der Waals surface area contributed by atoms with Gasteiger partial charge in [0.1, 0.15) is 17.6 Å². The van der Waals surface area contributed by atoms with Crippen molar-refractivity contribution in [3.63, 3.8) is 0 Å².